The van der Waals surface area contributed by atoms with Gasteiger partial charge in [0.05, 0.1) is 0 Å². The molecule has 2 rings (SSSR count). The van der Waals surface area contributed by atoms with E-state index in [9.17, 15) is 9.59 Å². The summed E-state index contributed by atoms with van der Waals surface area (Å²) in [7, 11) is 1.71. The van der Waals surface area contributed by atoms with E-state index in [-0.39, 0.29) is 11.3 Å². The van der Waals surface area contributed by atoms with Crippen molar-refractivity contribution >= 4 is 17.6 Å². The van der Waals surface area contributed by atoms with Crippen LogP contribution >= 0.6 is 0 Å². The van der Waals surface area contributed by atoms with Crippen molar-refractivity contribution in [2.45, 2.75) is 26.2 Å². The van der Waals surface area contributed by atoms with E-state index in [1.807, 2.05) is 24.3 Å². The number of benzene rings is 2. The number of hydrogen-bond donors (Lipinski definition) is 1. The molecular formula is C20H23NO4. The van der Waals surface area contributed by atoms with E-state index in [2.05, 4.69) is 20.8 Å². The molecule has 0 radical (unpaired) electrons. The second-order valence-electron chi connectivity index (χ2n) is 6.87. The first-order valence-electron chi connectivity index (χ1n) is 8.02. The molecule has 0 aromatic heterocycles. The summed E-state index contributed by atoms with van der Waals surface area (Å²) in [6, 6.07) is 14.4. The molecule has 2 aromatic carbocycles. The van der Waals surface area contributed by atoms with Crippen molar-refractivity contribution in [3.05, 3.63) is 59.7 Å². The van der Waals surface area contributed by atoms with Gasteiger partial charge in [-0.25, -0.2) is 4.79 Å². The van der Waals surface area contributed by atoms with Crippen molar-refractivity contribution in [1.82, 2.24) is 0 Å². The first-order chi connectivity index (χ1) is 11.7. The Balaban J connectivity index is 2.16. The van der Waals surface area contributed by atoms with Crippen LogP contribution in [0.25, 0.3) is 0 Å². The van der Waals surface area contributed by atoms with Crippen LogP contribution in [0.1, 0.15) is 36.7 Å². The summed E-state index contributed by atoms with van der Waals surface area (Å²) in [4.78, 5) is 24.8. The highest BCUT2D eigenvalue weighted by molar-refractivity contribution is 6.05. The number of nitrogens with zero attached hydrogens (tertiary/aromatic N) is 1. The molecule has 0 heterocycles. The Labute approximate surface area is 147 Å². The Morgan fingerprint density at radius 1 is 1.08 bits per heavy atom. The molecule has 0 atom stereocenters. The smallest absolute Gasteiger partial charge is 0.341 e. The maximum atomic E-state index is 12.7. The zero-order chi connectivity index (χ0) is 18.6. The molecule has 25 heavy (non-hydrogen) atoms. The molecule has 2 aromatic rings. The fraction of sp³-hybridized carbons (Fsp3) is 0.300. The van der Waals surface area contributed by atoms with Gasteiger partial charge in [-0.15, -0.1) is 0 Å². The van der Waals surface area contributed by atoms with E-state index in [0.717, 1.165) is 5.69 Å². The highest BCUT2D eigenvalue weighted by Gasteiger charge is 2.17. The maximum Gasteiger partial charge on any atom is 0.341 e. The number of carboxylic acid groups (broad SMARTS) is 1. The lowest BCUT2D eigenvalue weighted by Gasteiger charge is -2.22. The summed E-state index contributed by atoms with van der Waals surface area (Å²) in [6.07, 6.45) is 0. The number of rotatable bonds is 5. The van der Waals surface area contributed by atoms with Gasteiger partial charge in [-0.2, -0.15) is 0 Å². The zero-order valence-electron chi connectivity index (χ0n) is 14.9. The average Bonchev–Trinajstić information content (AvgIpc) is 2.58. The van der Waals surface area contributed by atoms with E-state index < -0.39 is 12.6 Å². The topological polar surface area (TPSA) is 66.8 Å². The van der Waals surface area contributed by atoms with Crippen molar-refractivity contribution in [3.63, 3.8) is 0 Å². The van der Waals surface area contributed by atoms with Crippen molar-refractivity contribution in [3.8, 4) is 5.75 Å². The first-order valence-corrected chi connectivity index (χ1v) is 8.02. The van der Waals surface area contributed by atoms with Gasteiger partial charge in [-0.05, 0) is 41.3 Å². The summed E-state index contributed by atoms with van der Waals surface area (Å²) in [5.74, 6) is -0.901. The number of carboxylic acids is 1. The van der Waals surface area contributed by atoms with Crippen LogP contribution in [0.5, 0.6) is 5.75 Å². The Morgan fingerprint density at radius 2 is 1.72 bits per heavy atom. The van der Waals surface area contributed by atoms with Gasteiger partial charge in [0.25, 0.3) is 5.91 Å². The van der Waals surface area contributed by atoms with E-state index in [4.69, 9.17) is 9.84 Å². The third-order valence-corrected chi connectivity index (χ3v) is 3.87. The predicted molar refractivity (Wildman–Crippen MR) is 97.4 cm³/mol. The minimum absolute atomic E-state index is 0.0525. The number of amides is 1. The van der Waals surface area contributed by atoms with E-state index in [0.29, 0.717) is 11.3 Å². The molecule has 132 valence electrons. The molecule has 1 N–H and O–H groups in total. The quantitative estimate of drug-likeness (QED) is 0.900. The van der Waals surface area contributed by atoms with Gasteiger partial charge in [0.2, 0.25) is 0 Å². The van der Waals surface area contributed by atoms with Crippen LogP contribution in [0.2, 0.25) is 0 Å². The fourth-order valence-electron chi connectivity index (χ4n) is 2.36. The second-order valence-corrected chi connectivity index (χ2v) is 6.87. The fourth-order valence-corrected chi connectivity index (χ4v) is 2.36. The maximum absolute atomic E-state index is 12.7. The Bertz CT molecular complexity index is 760. The molecule has 0 aliphatic carbocycles. The van der Waals surface area contributed by atoms with Crippen LogP contribution in [-0.2, 0) is 10.2 Å². The summed E-state index contributed by atoms with van der Waals surface area (Å²) in [5.41, 5.74) is 2.47. The largest absolute Gasteiger partial charge is 0.482 e. The molecule has 0 unspecified atom stereocenters. The first kappa shape index (κ1) is 18.5. The molecule has 0 bridgehead atoms. The number of anilines is 1. The van der Waals surface area contributed by atoms with Crippen molar-refractivity contribution in [2.75, 3.05) is 18.6 Å². The van der Waals surface area contributed by atoms with Crippen LogP contribution in [0.4, 0.5) is 5.69 Å². The molecule has 5 nitrogen and oxygen atoms in total. The van der Waals surface area contributed by atoms with Gasteiger partial charge in [0.1, 0.15) is 5.75 Å². The molecule has 0 saturated carbocycles. The third kappa shape index (κ3) is 4.83. The number of hydrogen-bond acceptors (Lipinski definition) is 3. The molecule has 1 amide bonds. The predicted octanol–water partition coefficient (Wildman–Crippen LogP) is 3.72. The summed E-state index contributed by atoms with van der Waals surface area (Å²) >= 11 is 0. The van der Waals surface area contributed by atoms with E-state index in [1.54, 1.807) is 36.2 Å². The molecule has 0 aliphatic rings. The minimum Gasteiger partial charge on any atom is -0.482 e. The van der Waals surface area contributed by atoms with Crippen molar-refractivity contribution in [1.29, 1.82) is 0 Å². The lowest BCUT2D eigenvalue weighted by molar-refractivity contribution is -0.139. The molecule has 5 heteroatoms. The monoisotopic (exact) mass is 341 g/mol. The lowest BCUT2D eigenvalue weighted by atomic mass is 9.87. The van der Waals surface area contributed by atoms with Gasteiger partial charge in [-0.1, -0.05) is 39.0 Å². The lowest BCUT2D eigenvalue weighted by Crippen LogP contribution is -2.26. The summed E-state index contributed by atoms with van der Waals surface area (Å²) in [6.45, 7) is 5.97. The van der Waals surface area contributed by atoms with Crippen LogP contribution < -0.4 is 9.64 Å². The average molecular weight is 341 g/mol. The summed E-state index contributed by atoms with van der Waals surface area (Å²) < 4.78 is 5.13. The SMILES string of the molecule is CN(C(=O)c1cccc(OCC(=O)O)c1)c1ccc(C(C)(C)C)cc1. The molecule has 0 fully saturated rings. The normalized spacial score (nSPS) is 11.0. The summed E-state index contributed by atoms with van der Waals surface area (Å²) in [5, 5.41) is 8.67. The Kier molecular flexibility index (Phi) is 5.47. The third-order valence-electron chi connectivity index (χ3n) is 3.87. The van der Waals surface area contributed by atoms with E-state index in [1.165, 1.54) is 5.56 Å². The van der Waals surface area contributed by atoms with Gasteiger partial charge >= 0.3 is 5.97 Å². The number of aliphatic carboxylic acids is 1. The molecule has 0 saturated heterocycles. The standard InChI is InChI=1S/C20H23NO4/c1-20(2,3)15-8-10-16(11-9-15)21(4)19(24)14-6-5-7-17(12-14)25-13-18(22)23/h5-12H,13H2,1-4H3,(H,22,23). The second kappa shape index (κ2) is 7.38. The highest BCUT2D eigenvalue weighted by atomic mass is 16.5. The molecular weight excluding hydrogens is 318 g/mol. The van der Waals surface area contributed by atoms with Gasteiger partial charge in [0.15, 0.2) is 6.61 Å². The van der Waals surface area contributed by atoms with Crippen molar-refractivity contribution in [2.24, 2.45) is 0 Å². The molecule has 0 aliphatic heterocycles. The van der Waals surface area contributed by atoms with Gasteiger partial charge in [0, 0.05) is 18.3 Å². The van der Waals surface area contributed by atoms with Crippen LogP contribution in [0.3, 0.4) is 0 Å². The van der Waals surface area contributed by atoms with Gasteiger partial charge < -0.3 is 14.7 Å². The van der Waals surface area contributed by atoms with E-state index >= 15 is 0 Å². The molecule has 0 spiro atoms. The number of carbonyl (C=O) groups is 2. The zero-order valence-corrected chi connectivity index (χ0v) is 14.9. The highest BCUT2D eigenvalue weighted by Crippen LogP contribution is 2.25. The van der Waals surface area contributed by atoms with Crippen LogP contribution in [-0.4, -0.2) is 30.6 Å². The number of carbonyl (C=O) groups excluding carboxylic acids is 1. The van der Waals surface area contributed by atoms with Crippen molar-refractivity contribution < 1.29 is 19.4 Å². The van der Waals surface area contributed by atoms with Gasteiger partial charge in [-0.3, -0.25) is 4.79 Å². The van der Waals surface area contributed by atoms with Crippen LogP contribution in [0, 0.1) is 0 Å². The Hall–Kier alpha value is -2.82. The Morgan fingerprint density at radius 3 is 2.28 bits per heavy atom. The minimum atomic E-state index is -1.06. The number of ether oxygens (including phenoxy) is 1. The van der Waals surface area contributed by atoms with Crippen LogP contribution in [0.15, 0.2) is 48.5 Å².